The minimum Gasteiger partial charge on any atom is -0.495 e. The zero-order chi connectivity index (χ0) is 26.3. The van der Waals surface area contributed by atoms with Crippen LogP contribution in [-0.4, -0.2) is 41.2 Å². The molecule has 3 aromatic rings. The van der Waals surface area contributed by atoms with Gasteiger partial charge in [-0.2, -0.15) is 4.72 Å². The van der Waals surface area contributed by atoms with Gasteiger partial charge < -0.3 is 19.5 Å². The third-order valence-electron chi connectivity index (χ3n) is 5.14. The Morgan fingerprint density at radius 1 is 0.917 bits per heavy atom. The zero-order valence-electron chi connectivity index (χ0n) is 19.9. The van der Waals surface area contributed by atoms with Gasteiger partial charge >= 0.3 is 0 Å². The van der Waals surface area contributed by atoms with Crippen LogP contribution >= 0.6 is 23.2 Å². The van der Waals surface area contributed by atoms with Gasteiger partial charge in [-0.3, -0.25) is 4.79 Å². The smallest absolute Gasteiger partial charge is 0.243 e. The summed E-state index contributed by atoms with van der Waals surface area (Å²) in [6, 6.07) is 15.0. The van der Waals surface area contributed by atoms with Crippen molar-refractivity contribution in [3.63, 3.8) is 0 Å². The summed E-state index contributed by atoms with van der Waals surface area (Å²) in [5, 5.41) is 3.15. The number of rotatable bonds is 11. The van der Waals surface area contributed by atoms with E-state index in [2.05, 4.69) is 10.0 Å². The first kappa shape index (κ1) is 27.6. The van der Waals surface area contributed by atoms with E-state index >= 15 is 0 Å². The number of hydrogen-bond donors (Lipinski definition) is 2. The first-order chi connectivity index (χ1) is 17.2. The van der Waals surface area contributed by atoms with Crippen LogP contribution in [0.4, 0.5) is 5.69 Å². The Bertz CT molecular complexity index is 1320. The Morgan fingerprint density at radius 3 is 2.19 bits per heavy atom. The number of halogens is 2. The van der Waals surface area contributed by atoms with E-state index in [9.17, 15) is 13.2 Å². The van der Waals surface area contributed by atoms with Crippen LogP contribution < -0.4 is 24.2 Å². The molecule has 0 bridgehead atoms. The van der Waals surface area contributed by atoms with Crippen molar-refractivity contribution in [2.45, 2.75) is 24.3 Å². The summed E-state index contributed by atoms with van der Waals surface area (Å²) in [4.78, 5) is 13.3. The molecule has 0 saturated heterocycles. The monoisotopic (exact) mass is 552 g/mol. The number of hydrogen-bond acceptors (Lipinski definition) is 6. The maximum Gasteiger partial charge on any atom is 0.243 e. The molecule has 0 heterocycles. The average Bonchev–Trinajstić information content (AvgIpc) is 2.86. The van der Waals surface area contributed by atoms with Crippen LogP contribution in [0.5, 0.6) is 17.2 Å². The van der Waals surface area contributed by atoms with E-state index in [1.807, 2.05) is 6.07 Å². The molecule has 0 fully saturated rings. The minimum absolute atomic E-state index is 0.0870. The normalized spacial score (nSPS) is 12.0. The molecule has 8 nitrogen and oxygen atoms in total. The molecule has 0 aliphatic rings. The molecule has 192 valence electrons. The summed E-state index contributed by atoms with van der Waals surface area (Å²) in [5.74, 6) is 0.355. The summed E-state index contributed by atoms with van der Waals surface area (Å²) in [7, 11) is -1.27. The number of anilines is 1. The molecular formula is C25H26Cl2N2O6S. The fraction of sp³-hybridized carbons (Fsp3) is 0.240. The lowest BCUT2D eigenvalue weighted by Gasteiger charge is -2.20. The molecular weight excluding hydrogens is 527 g/mol. The van der Waals surface area contributed by atoms with Gasteiger partial charge in [-0.05, 0) is 37.1 Å². The second-order valence-electron chi connectivity index (χ2n) is 7.57. The van der Waals surface area contributed by atoms with Gasteiger partial charge in [0.2, 0.25) is 15.9 Å². The van der Waals surface area contributed by atoms with Gasteiger partial charge in [0.15, 0.2) is 0 Å². The van der Waals surface area contributed by atoms with Crippen LogP contribution in [0.25, 0.3) is 0 Å². The van der Waals surface area contributed by atoms with Crippen LogP contribution in [0.1, 0.15) is 12.5 Å². The second-order valence-corrected chi connectivity index (χ2v) is 10.1. The highest BCUT2D eigenvalue weighted by molar-refractivity contribution is 7.89. The molecule has 3 aromatic carbocycles. The highest BCUT2D eigenvalue weighted by atomic mass is 35.5. The molecule has 0 aromatic heterocycles. The Kier molecular flexibility index (Phi) is 9.44. The fourth-order valence-corrected chi connectivity index (χ4v) is 5.14. The van der Waals surface area contributed by atoms with E-state index in [0.717, 1.165) is 5.56 Å². The van der Waals surface area contributed by atoms with Crippen molar-refractivity contribution < 1.29 is 27.4 Å². The number of nitrogens with one attached hydrogen (secondary N) is 2. The Morgan fingerprint density at radius 2 is 1.58 bits per heavy atom. The summed E-state index contributed by atoms with van der Waals surface area (Å²) in [6.07, 6.45) is 0.0870. The van der Waals surface area contributed by atoms with Crippen LogP contribution in [0, 0.1) is 0 Å². The van der Waals surface area contributed by atoms with Crippen molar-refractivity contribution >= 4 is 44.8 Å². The summed E-state index contributed by atoms with van der Waals surface area (Å²) in [6.45, 7) is 2.17. The van der Waals surface area contributed by atoms with Gasteiger partial charge in [0, 0.05) is 12.1 Å². The molecule has 0 saturated carbocycles. The van der Waals surface area contributed by atoms with Gasteiger partial charge in [0.1, 0.15) is 23.3 Å². The van der Waals surface area contributed by atoms with Crippen LogP contribution in [-0.2, 0) is 21.2 Å². The minimum atomic E-state index is -4.13. The van der Waals surface area contributed by atoms with Gasteiger partial charge in [0.05, 0.1) is 41.5 Å². The van der Waals surface area contributed by atoms with Crippen molar-refractivity contribution in [1.82, 2.24) is 4.72 Å². The van der Waals surface area contributed by atoms with Crippen molar-refractivity contribution in [3.8, 4) is 17.2 Å². The Balaban J connectivity index is 1.93. The first-order valence-corrected chi connectivity index (χ1v) is 13.1. The molecule has 0 aliphatic carbocycles. The van der Waals surface area contributed by atoms with Crippen LogP contribution in [0.3, 0.4) is 0 Å². The summed E-state index contributed by atoms with van der Waals surface area (Å²) < 4.78 is 44.9. The van der Waals surface area contributed by atoms with Gasteiger partial charge in [0.25, 0.3) is 0 Å². The number of ether oxygens (including phenoxy) is 3. The number of amides is 1. The van der Waals surface area contributed by atoms with Crippen molar-refractivity contribution in [3.05, 3.63) is 76.3 Å². The van der Waals surface area contributed by atoms with E-state index in [-0.39, 0.29) is 27.8 Å². The molecule has 2 N–H and O–H groups in total. The molecule has 1 atom stereocenters. The second kappa shape index (κ2) is 12.3. The average molecular weight is 553 g/mol. The van der Waals surface area contributed by atoms with Gasteiger partial charge in [-0.25, -0.2) is 8.42 Å². The van der Waals surface area contributed by atoms with Crippen molar-refractivity contribution in [2.75, 3.05) is 26.1 Å². The molecule has 0 aliphatic heterocycles. The van der Waals surface area contributed by atoms with E-state index in [0.29, 0.717) is 23.1 Å². The largest absolute Gasteiger partial charge is 0.495 e. The number of carbonyl (C=O) groups excluding carboxylic acids is 1. The quantitative estimate of drug-likeness (QED) is 0.349. The topological polar surface area (TPSA) is 103 Å². The molecule has 36 heavy (non-hydrogen) atoms. The fourth-order valence-electron chi connectivity index (χ4n) is 3.39. The summed E-state index contributed by atoms with van der Waals surface area (Å²) >= 11 is 12.3. The molecule has 3 rings (SSSR count). The van der Waals surface area contributed by atoms with E-state index in [1.54, 1.807) is 31.2 Å². The molecule has 11 heteroatoms. The van der Waals surface area contributed by atoms with E-state index in [1.165, 1.54) is 44.6 Å². The predicted molar refractivity (Wildman–Crippen MR) is 140 cm³/mol. The SMILES string of the molecule is CCOc1ccc(S(=O)(=O)NC(Cc2ccccc2)C(=O)Nc2cc(OC)c(Cl)cc2OC)cc1Cl. The molecule has 1 amide bonds. The maximum atomic E-state index is 13.4. The third-order valence-corrected chi connectivity index (χ3v) is 7.20. The van der Waals surface area contributed by atoms with Crippen molar-refractivity contribution in [2.24, 2.45) is 0 Å². The van der Waals surface area contributed by atoms with Crippen molar-refractivity contribution in [1.29, 1.82) is 0 Å². The lowest BCUT2D eigenvalue weighted by Crippen LogP contribution is -2.45. The number of sulfonamides is 1. The standard InChI is InChI=1S/C25H26Cl2N2O6S/c1-4-35-22-11-10-17(13-18(22)26)36(31,32)29-21(12-16-8-6-5-7-9-16)25(30)28-20-15-23(33-2)19(27)14-24(20)34-3/h5-11,13-15,21,29H,4,12H2,1-3H3,(H,28,30). The highest BCUT2D eigenvalue weighted by Crippen LogP contribution is 2.36. The third kappa shape index (κ3) is 6.82. The molecule has 1 unspecified atom stereocenters. The highest BCUT2D eigenvalue weighted by Gasteiger charge is 2.28. The molecule has 0 spiro atoms. The maximum absolute atomic E-state index is 13.4. The lowest BCUT2D eigenvalue weighted by atomic mass is 10.1. The first-order valence-electron chi connectivity index (χ1n) is 10.9. The van der Waals surface area contributed by atoms with Crippen LogP contribution in [0.2, 0.25) is 10.0 Å². The van der Waals surface area contributed by atoms with E-state index in [4.69, 9.17) is 37.4 Å². The lowest BCUT2D eigenvalue weighted by molar-refractivity contribution is -0.117. The van der Waals surface area contributed by atoms with E-state index < -0.39 is 22.0 Å². The predicted octanol–water partition coefficient (Wildman–Crippen LogP) is 4.94. The number of carbonyl (C=O) groups is 1. The number of benzene rings is 3. The molecule has 0 radical (unpaired) electrons. The van der Waals surface area contributed by atoms with Gasteiger partial charge in [-0.1, -0.05) is 53.5 Å². The Labute approximate surface area is 220 Å². The van der Waals surface area contributed by atoms with Crippen LogP contribution in [0.15, 0.2) is 65.6 Å². The zero-order valence-corrected chi connectivity index (χ0v) is 22.2. The number of methoxy groups -OCH3 is 2. The van der Waals surface area contributed by atoms with Gasteiger partial charge in [-0.15, -0.1) is 0 Å². The Hall–Kier alpha value is -2.98. The summed E-state index contributed by atoms with van der Waals surface area (Å²) in [5.41, 5.74) is 1.02.